The number of rotatable bonds is 12. The van der Waals surface area contributed by atoms with Gasteiger partial charge < -0.3 is 19.3 Å². The van der Waals surface area contributed by atoms with Crippen LogP contribution < -0.4 is 14.2 Å². The Kier molecular flexibility index (Phi) is 10.6. The highest BCUT2D eigenvalue weighted by atomic mass is 16.5. The molecule has 0 fully saturated rings. The summed E-state index contributed by atoms with van der Waals surface area (Å²) in [6.45, 7) is 4.15. The van der Waals surface area contributed by atoms with E-state index >= 15 is 0 Å². The minimum absolute atomic E-state index is 0.413. The Bertz CT molecular complexity index is 915. The number of aryl methyl sites for hydroxylation is 1. The Hall–Kier alpha value is -2.98. The van der Waals surface area contributed by atoms with Crippen molar-refractivity contribution >= 4 is 6.08 Å². The number of unbranched alkanes of at least 4 members (excludes halogenated alkanes) is 1. The molecule has 0 saturated heterocycles. The first-order chi connectivity index (χ1) is 15.5. The third-order valence-electron chi connectivity index (χ3n) is 5.37. The van der Waals surface area contributed by atoms with Crippen LogP contribution >= 0.6 is 0 Å². The zero-order valence-electron chi connectivity index (χ0n) is 19.9. The van der Waals surface area contributed by atoms with E-state index in [0.29, 0.717) is 17.2 Å². The second-order valence-electron chi connectivity index (χ2n) is 7.79. The molecular weight excluding hydrogens is 400 g/mol. The van der Waals surface area contributed by atoms with Crippen molar-refractivity contribution in [2.75, 3.05) is 21.3 Å². The maximum atomic E-state index is 10.4. The summed E-state index contributed by atoms with van der Waals surface area (Å²) in [5, 5.41) is 10.4. The number of methoxy groups -OCH3 is 3. The lowest BCUT2D eigenvalue weighted by Crippen LogP contribution is -2.00. The van der Waals surface area contributed by atoms with Crippen LogP contribution in [-0.2, 0) is 0 Å². The highest BCUT2D eigenvalue weighted by Gasteiger charge is 2.12. The Morgan fingerprint density at radius 2 is 1.62 bits per heavy atom. The summed E-state index contributed by atoms with van der Waals surface area (Å²) >= 11 is 0. The van der Waals surface area contributed by atoms with Crippen molar-refractivity contribution in [2.45, 2.75) is 45.6 Å². The highest BCUT2D eigenvalue weighted by molar-refractivity contribution is 5.62. The molecule has 32 heavy (non-hydrogen) atoms. The van der Waals surface area contributed by atoms with E-state index in [-0.39, 0.29) is 0 Å². The van der Waals surface area contributed by atoms with Gasteiger partial charge in [-0.25, -0.2) is 0 Å². The summed E-state index contributed by atoms with van der Waals surface area (Å²) in [4.78, 5) is 0. The Balaban J connectivity index is 1.79. The number of hydrogen-bond donors (Lipinski definition) is 1. The van der Waals surface area contributed by atoms with Crippen molar-refractivity contribution in [3.63, 3.8) is 0 Å². The van der Waals surface area contributed by atoms with Crippen LogP contribution in [0, 0.1) is 6.92 Å². The van der Waals surface area contributed by atoms with Gasteiger partial charge in [-0.05, 0) is 68.4 Å². The van der Waals surface area contributed by atoms with E-state index in [1.54, 1.807) is 21.3 Å². The van der Waals surface area contributed by atoms with Crippen LogP contribution in [0.3, 0.4) is 0 Å². The smallest absolute Gasteiger partial charge is 0.203 e. The average molecular weight is 437 g/mol. The van der Waals surface area contributed by atoms with E-state index < -0.39 is 6.10 Å². The van der Waals surface area contributed by atoms with Crippen molar-refractivity contribution in [2.24, 2.45) is 0 Å². The van der Waals surface area contributed by atoms with Crippen LogP contribution in [-0.4, -0.2) is 26.4 Å². The first kappa shape index (κ1) is 25.3. The van der Waals surface area contributed by atoms with Gasteiger partial charge in [0.1, 0.15) is 0 Å². The van der Waals surface area contributed by atoms with Gasteiger partial charge in [0.25, 0.3) is 0 Å². The first-order valence-corrected chi connectivity index (χ1v) is 11.0. The molecule has 4 nitrogen and oxygen atoms in total. The van der Waals surface area contributed by atoms with E-state index in [0.717, 1.165) is 42.4 Å². The summed E-state index contributed by atoms with van der Waals surface area (Å²) in [6.07, 6.45) is 13.7. The monoisotopic (exact) mass is 436 g/mol. The topological polar surface area (TPSA) is 47.9 Å². The van der Waals surface area contributed by atoms with Gasteiger partial charge in [-0.1, -0.05) is 60.2 Å². The van der Waals surface area contributed by atoms with Crippen molar-refractivity contribution < 1.29 is 19.3 Å². The molecule has 0 radical (unpaired) electrons. The lowest BCUT2D eigenvalue weighted by molar-refractivity contribution is 0.167. The van der Waals surface area contributed by atoms with Crippen LogP contribution in [0.1, 0.15) is 55.4 Å². The lowest BCUT2D eigenvalue weighted by Gasteiger charge is -2.13. The Morgan fingerprint density at radius 3 is 2.25 bits per heavy atom. The molecule has 0 aliphatic carbocycles. The van der Waals surface area contributed by atoms with Gasteiger partial charge in [0.05, 0.1) is 27.4 Å². The molecule has 172 valence electrons. The van der Waals surface area contributed by atoms with Crippen molar-refractivity contribution in [3.8, 4) is 17.2 Å². The van der Waals surface area contributed by atoms with Gasteiger partial charge in [0.2, 0.25) is 5.75 Å². The molecule has 0 spiro atoms. The minimum Gasteiger partial charge on any atom is -0.493 e. The van der Waals surface area contributed by atoms with E-state index in [2.05, 4.69) is 37.3 Å². The lowest BCUT2D eigenvalue weighted by atomic mass is 9.98. The molecule has 1 unspecified atom stereocenters. The Labute approximate surface area is 192 Å². The third-order valence-corrected chi connectivity index (χ3v) is 5.37. The molecule has 0 saturated carbocycles. The molecule has 2 rings (SSSR count). The second kappa shape index (κ2) is 13.4. The van der Waals surface area contributed by atoms with Gasteiger partial charge in [0, 0.05) is 0 Å². The maximum Gasteiger partial charge on any atom is 0.203 e. The number of ether oxygens (including phenoxy) is 3. The summed E-state index contributed by atoms with van der Waals surface area (Å²) in [6, 6.07) is 11.9. The summed E-state index contributed by atoms with van der Waals surface area (Å²) < 4.78 is 16.1. The summed E-state index contributed by atoms with van der Waals surface area (Å²) in [5.74, 6) is 1.91. The van der Waals surface area contributed by atoms with Crippen molar-refractivity contribution in [1.82, 2.24) is 0 Å². The Morgan fingerprint density at radius 1 is 0.969 bits per heavy atom. The average Bonchev–Trinajstić information content (AvgIpc) is 2.81. The molecular formula is C28H36O4. The minimum atomic E-state index is -0.413. The quantitative estimate of drug-likeness (QED) is 0.293. The maximum absolute atomic E-state index is 10.4. The number of aliphatic hydroxyl groups excluding tert-OH is 1. The number of allylic oxidation sites excluding steroid dienone is 5. The van der Waals surface area contributed by atoms with Crippen LogP contribution in [0.5, 0.6) is 17.2 Å². The van der Waals surface area contributed by atoms with Crippen LogP contribution in [0.15, 0.2) is 66.3 Å². The third kappa shape index (κ3) is 7.61. The van der Waals surface area contributed by atoms with E-state index in [4.69, 9.17) is 14.2 Å². The van der Waals surface area contributed by atoms with Crippen molar-refractivity contribution in [1.29, 1.82) is 0 Å². The van der Waals surface area contributed by atoms with E-state index in [1.165, 1.54) is 5.57 Å². The molecule has 0 bridgehead atoms. The molecule has 1 N–H and O–H groups in total. The molecule has 0 heterocycles. The molecule has 2 aromatic carbocycles. The zero-order valence-corrected chi connectivity index (χ0v) is 19.9. The molecule has 0 aliphatic rings. The largest absolute Gasteiger partial charge is 0.493 e. The zero-order chi connectivity index (χ0) is 23.3. The number of benzene rings is 2. The fraction of sp³-hybridized carbons (Fsp3) is 0.357. The van der Waals surface area contributed by atoms with Crippen molar-refractivity contribution in [3.05, 3.63) is 83.0 Å². The predicted molar refractivity (Wildman–Crippen MR) is 133 cm³/mol. The van der Waals surface area contributed by atoms with Gasteiger partial charge in [-0.3, -0.25) is 0 Å². The van der Waals surface area contributed by atoms with Gasteiger partial charge in [0.15, 0.2) is 11.5 Å². The fourth-order valence-corrected chi connectivity index (χ4v) is 3.50. The fourth-order valence-electron chi connectivity index (χ4n) is 3.50. The molecule has 4 heteroatoms. The molecule has 1 atom stereocenters. The molecule has 0 aromatic heterocycles. The molecule has 0 aliphatic heterocycles. The molecule has 2 aromatic rings. The standard InChI is InChI=1S/C28H36O4/c1-21(17-18-25(29)24-16-12-11-14-22(24)2)13-9-7-6-8-10-15-23-19-26(30-3)28(32-5)27(20-23)31-4/h7,9-16,19-20,25,29H,6,8,17-18H2,1-5H3/b9-7+,15-10-,21-13+. The van der Waals surface area contributed by atoms with E-state index in [9.17, 15) is 5.11 Å². The first-order valence-electron chi connectivity index (χ1n) is 11.0. The highest BCUT2D eigenvalue weighted by Crippen LogP contribution is 2.38. The van der Waals surface area contributed by atoms with Crippen LogP contribution in [0.25, 0.3) is 6.08 Å². The van der Waals surface area contributed by atoms with Gasteiger partial charge in [-0.2, -0.15) is 0 Å². The summed E-state index contributed by atoms with van der Waals surface area (Å²) in [5.41, 5.74) is 4.43. The van der Waals surface area contributed by atoms with E-state index in [1.807, 2.05) is 43.3 Å². The molecule has 0 amide bonds. The normalized spacial score (nSPS) is 13.0. The number of aliphatic hydroxyl groups is 1. The van der Waals surface area contributed by atoms with Gasteiger partial charge >= 0.3 is 0 Å². The van der Waals surface area contributed by atoms with Gasteiger partial charge in [-0.15, -0.1) is 0 Å². The van der Waals surface area contributed by atoms with Crippen LogP contribution in [0.2, 0.25) is 0 Å². The SMILES string of the molecule is COc1cc(/C=C\CC/C=C/C=C(\C)CCC(O)c2ccccc2C)cc(OC)c1OC. The summed E-state index contributed by atoms with van der Waals surface area (Å²) in [7, 11) is 4.84. The second-order valence-corrected chi connectivity index (χ2v) is 7.79. The van der Waals surface area contributed by atoms with Crippen LogP contribution in [0.4, 0.5) is 0 Å². The predicted octanol–water partition coefficient (Wildman–Crippen LogP) is 6.83. The number of hydrogen-bond acceptors (Lipinski definition) is 4.